The quantitative estimate of drug-likeness (QED) is 0.736. The first-order valence-electron chi connectivity index (χ1n) is 6.06. The summed E-state index contributed by atoms with van der Waals surface area (Å²) in [7, 11) is 1.86. The monoisotopic (exact) mass is 226 g/mol. The zero-order valence-corrected chi connectivity index (χ0v) is 10.6. The molecule has 0 aromatic carbocycles. The van der Waals surface area contributed by atoms with Crippen molar-refractivity contribution in [2.45, 2.75) is 38.8 Å². The van der Waals surface area contributed by atoms with Crippen molar-refractivity contribution in [3.63, 3.8) is 0 Å². The molecule has 2 rings (SSSR count). The number of hydrogen-bond acceptors (Lipinski definition) is 3. The summed E-state index contributed by atoms with van der Waals surface area (Å²) in [5, 5.41) is 3.37. The van der Waals surface area contributed by atoms with E-state index < -0.39 is 5.60 Å². The maximum absolute atomic E-state index is 11.9. The minimum absolute atomic E-state index is 0.188. The van der Waals surface area contributed by atoms with Crippen molar-refractivity contribution >= 4 is 6.09 Å². The first kappa shape index (κ1) is 11.7. The smallest absolute Gasteiger partial charge is 0.410 e. The lowest BCUT2D eigenvalue weighted by molar-refractivity contribution is 0.0271. The molecule has 0 bridgehead atoms. The molecule has 0 radical (unpaired) electrons. The van der Waals surface area contributed by atoms with Gasteiger partial charge in [-0.05, 0) is 45.6 Å². The summed E-state index contributed by atoms with van der Waals surface area (Å²) in [5.41, 5.74) is -0.399. The lowest BCUT2D eigenvalue weighted by atomic mass is 10.2. The Morgan fingerprint density at radius 2 is 2.06 bits per heavy atom. The van der Waals surface area contributed by atoms with Gasteiger partial charge >= 0.3 is 6.09 Å². The van der Waals surface area contributed by atoms with Gasteiger partial charge in [0.25, 0.3) is 0 Å². The van der Waals surface area contributed by atoms with Crippen molar-refractivity contribution in [3.05, 3.63) is 0 Å². The van der Waals surface area contributed by atoms with Crippen LogP contribution in [0.15, 0.2) is 0 Å². The molecule has 0 aromatic rings. The van der Waals surface area contributed by atoms with Gasteiger partial charge in [-0.1, -0.05) is 0 Å². The van der Waals surface area contributed by atoms with E-state index >= 15 is 0 Å². The summed E-state index contributed by atoms with van der Waals surface area (Å²) < 4.78 is 5.37. The SMILES string of the molecule is CN(C(=O)OC(C)(C)C)C1C2CCNCC21. The number of fused-ring (bicyclic) bond motifs is 1. The van der Waals surface area contributed by atoms with E-state index in [1.165, 1.54) is 6.42 Å². The molecule has 1 saturated heterocycles. The highest BCUT2D eigenvalue weighted by Gasteiger charge is 2.54. The fraction of sp³-hybridized carbons (Fsp3) is 0.917. The lowest BCUT2D eigenvalue weighted by Gasteiger charge is -2.25. The van der Waals surface area contributed by atoms with Gasteiger partial charge in [-0.3, -0.25) is 0 Å². The molecular formula is C12H22N2O2. The molecule has 1 aliphatic carbocycles. The Balaban J connectivity index is 1.89. The van der Waals surface area contributed by atoms with Crippen LogP contribution in [-0.2, 0) is 4.74 Å². The van der Waals surface area contributed by atoms with Crippen LogP contribution in [0.25, 0.3) is 0 Å². The molecule has 2 fully saturated rings. The number of rotatable bonds is 1. The van der Waals surface area contributed by atoms with Crippen LogP contribution in [0.1, 0.15) is 27.2 Å². The van der Waals surface area contributed by atoms with Crippen LogP contribution in [0, 0.1) is 11.8 Å². The van der Waals surface area contributed by atoms with Crippen LogP contribution < -0.4 is 5.32 Å². The lowest BCUT2D eigenvalue weighted by Crippen LogP contribution is -2.36. The van der Waals surface area contributed by atoms with Crippen LogP contribution in [0.5, 0.6) is 0 Å². The number of hydrogen-bond donors (Lipinski definition) is 1. The fourth-order valence-electron chi connectivity index (χ4n) is 2.65. The van der Waals surface area contributed by atoms with Gasteiger partial charge < -0.3 is 15.0 Å². The van der Waals surface area contributed by atoms with Gasteiger partial charge in [0, 0.05) is 19.6 Å². The van der Waals surface area contributed by atoms with Gasteiger partial charge in [0.05, 0.1) is 0 Å². The molecule has 92 valence electrons. The van der Waals surface area contributed by atoms with E-state index in [4.69, 9.17) is 4.74 Å². The zero-order chi connectivity index (χ0) is 11.9. The average Bonchev–Trinajstić information content (AvgIpc) is 2.87. The molecule has 3 atom stereocenters. The van der Waals surface area contributed by atoms with Crippen molar-refractivity contribution < 1.29 is 9.53 Å². The topological polar surface area (TPSA) is 41.6 Å². The van der Waals surface area contributed by atoms with Gasteiger partial charge in [0.15, 0.2) is 0 Å². The molecule has 0 aromatic heterocycles. The van der Waals surface area contributed by atoms with Crippen molar-refractivity contribution in [3.8, 4) is 0 Å². The van der Waals surface area contributed by atoms with Gasteiger partial charge in [0.2, 0.25) is 0 Å². The predicted octanol–water partition coefficient (Wildman–Crippen LogP) is 1.46. The fourth-order valence-corrected chi connectivity index (χ4v) is 2.65. The summed E-state index contributed by atoms with van der Waals surface area (Å²) in [4.78, 5) is 13.7. The number of nitrogens with one attached hydrogen (secondary N) is 1. The Kier molecular flexibility index (Phi) is 2.86. The highest BCUT2D eigenvalue weighted by atomic mass is 16.6. The molecule has 16 heavy (non-hydrogen) atoms. The Labute approximate surface area is 97.3 Å². The van der Waals surface area contributed by atoms with E-state index in [1.54, 1.807) is 4.90 Å². The Bertz CT molecular complexity index is 273. The van der Waals surface area contributed by atoms with E-state index in [9.17, 15) is 4.79 Å². The first-order chi connectivity index (χ1) is 7.40. The molecule has 1 aliphatic heterocycles. The highest BCUT2D eigenvalue weighted by molar-refractivity contribution is 5.68. The Morgan fingerprint density at radius 3 is 2.56 bits per heavy atom. The van der Waals surface area contributed by atoms with Crippen LogP contribution in [0.2, 0.25) is 0 Å². The molecule has 0 spiro atoms. The summed E-state index contributed by atoms with van der Waals surface area (Å²) >= 11 is 0. The van der Waals surface area contributed by atoms with Crippen molar-refractivity contribution in [1.82, 2.24) is 10.2 Å². The normalized spacial score (nSPS) is 32.9. The largest absolute Gasteiger partial charge is 0.444 e. The standard InChI is InChI=1S/C12H22N2O2/c1-12(2,3)16-11(15)14(4)10-8-5-6-13-7-9(8)10/h8-10,13H,5-7H2,1-4H3. The average molecular weight is 226 g/mol. The Morgan fingerprint density at radius 1 is 1.38 bits per heavy atom. The summed E-state index contributed by atoms with van der Waals surface area (Å²) in [6.45, 7) is 7.84. The maximum Gasteiger partial charge on any atom is 0.410 e. The highest BCUT2D eigenvalue weighted by Crippen LogP contribution is 2.46. The molecule has 1 heterocycles. The number of piperidine rings is 1. The van der Waals surface area contributed by atoms with Crippen LogP contribution >= 0.6 is 0 Å². The second-order valence-corrected chi connectivity index (χ2v) is 5.90. The minimum Gasteiger partial charge on any atom is -0.444 e. The van der Waals surface area contributed by atoms with E-state index in [0.717, 1.165) is 13.1 Å². The zero-order valence-electron chi connectivity index (χ0n) is 10.6. The van der Waals surface area contributed by atoms with Crippen molar-refractivity contribution in [2.75, 3.05) is 20.1 Å². The van der Waals surface area contributed by atoms with E-state index in [2.05, 4.69) is 5.32 Å². The number of nitrogens with zero attached hydrogens (tertiary/aromatic N) is 1. The van der Waals surface area contributed by atoms with Crippen molar-refractivity contribution in [2.24, 2.45) is 11.8 Å². The third-order valence-electron chi connectivity index (χ3n) is 3.45. The molecule has 1 saturated carbocycles. The molecule has 4 heteroatoms. The van der Waals surface area contributed by atoms with E-state index in [0.29, 0.717) is 17.9 Å². The third-order valence-corrected chi connectivity index (χ3v) is 3.45. The summed E-state index contributed by atoms with van der Waals surface area (Å²) in [6.07, 6.45) is 0.995. The maximum atomic E-state index is 11.9. The molecule has 1 N–H and O–H groups in total. The van der Waals surface area contributed by atoms with Crippen LogP contribution in [-0.4, -0.2) is 42.8 Å². The molecular weight excluding hydrogens is 204 g/mol. The molecule has 4 nitrogen and oxygen atoms in total. The summed E-state index contributed by atoms with van der Waals surface area (Å²) in [6, 6.07) is 0.393. The first-order valence-corrected chi connectivity index (χ1v) is 6.06. The second kappa shape index (κ2) is 3.91. The number of carbonyl (C=O) groups is 1. The molecule has 3 unspecified atom stereocenters. The van der Waals surface area contributed by atoms with Gasteiger partial charge in [0.1, 0.15) is 5.60 Å². The predicted molar refractivity (Wildman–Crippen MR) is 62.3 cm³/mol. The minimum atomic E-state index is -0.399. The van der Waals surface area contributed by atoms with E-state index in [-0.39, 0.29) is 6.09 Å². The summed E-state index contributed by atoms with van der Waals surface area (Å²) in [5.74, 6) is 1.34. The van der Waals surface area contributed by atoms with Crippen LogP contribution in [0.3, 0.4) is 0 Å². The number of carbonyl (C=O) groups excluding carboxylic acids is 1. The van der Waals surface area contributed by atoms with Gasteiger partial charge in [-0.15, -0.1) is 0 Å². The van der Waals surface area contributed by atoms with Gasteiger partial charge in [-0.25, -0.2) is 4.79 Å². The van der Waals surface area contributed by atoms with Crippen molar-refractivity contribution in [1.29, 1.82) is 0 Å². The van der Waals surface area contributed by atoms with Crippen LogP contribution in [0.4, 0.5) is 4.79 Å². The molecule has 2 aliphatic rings. The third kappa shape index (κ3) is 2.32. The number of ether oxygens (including phenoxy) is 1. The Hall–Kier alpha value is -0.770. The van der Waals surface area contributed by atoms with E-state index in [1.807, 2.05) is 27.8 Å². The second-order valence-electron chi connectivity index (χ2n) is 5.90. The number of amides is 1. The molecule has 1 amide bonds. The van der Waals surface area contributed by atoms with Gasteiger partial charge in [-0.2, -0.15) is 0 Å².